The molecule has 1 fully saturated rings. The lowest BCUT2D eigenvalue weighted by molar-refractivity contribution is -0.123. The Morgan fingerprint density at radius 3 is 2.73 bits per heavy atom. The number of carbonyl (C=O) groups is 2. The smallest absolute Gasteiger partial charge is 0.293 e. The maximum atomic E-state index is 12.7. The molecule has 0 aromatic heterocycles. The van der Waals surface area contributed by atoms with E-state index >= 15 is 0 Å². The second kappa shape index (κ2) is 8.99. The molecule has 0 bridgehead atoms. The zero-order chi connectivity index (χ0) is 21.3. The molecule has 30 heavy (non-hydrogen) atoms. The van der Waals surface area contributed by atoms with Crippen molar-refractivity contribution in [3.05, 3.63) is 73.1 Å². The summed E-state index contributed by atoms with van der Waals surface area (Å²) in [5, 5.41) is 11.9. The van der Waals surface area contributed by atoms with Crippen molar-refractivity contribution >= 4 is 78.3 Å². The maximum absolute atomic E-state index is 12.7. The zero-order valence-electron chi connectivity index (χ0n) is 15.5. The summed E-state index contributed by atoms with van der Waals surface area (Å²) in [5.74, 6) is 0.398. The maximum Gasteiger partial charge on any atom is 0.293 e. The first-order chi connectivity index (χ1) is 14.4. The van der Waals surface area contributed by atoms with Gasteiger partial charge < -0.3 is 9.84 Å². The van der Waals surface area contributed by atoms with Gasteiger partial charge in [-0.15, -0.1) is 0 Å². The minimum Gasteiger partial charge on any atom is -0.506 e. The average Bonchev–Trinajstić information content (AvgIpc) is 2.99. The van der Waals surface area contributed by atoms with Crippen LogP contribution >= 0.6 is 50.3 Å². The van der Waals surface area contributed by atoms with Crippen LogP contribution in [0.25, 0.3) is 16.8 Å². The third kappa shape index (κ3) is 4.35. The highest BCUT2D eigenvalue weighted by atomic mass is 127. The number of nitrogens with zero attached hydrogens (tertiary/aromatic N) is 1. The Kier molecular flexibility index (Phi) is 6.35. The number of carbonyl (C=O) groups excluding carboxylic acids is 2. The molecule has 3 aromatic rings. The number of amides is 2. The lowest BCUT2D eigenvalue weighted by atomic mass is 10.1. The van der Waals surface area contributed by atoms with E-state index in [1.54, 1.807) is 18.2 Å². The topological polar surface area (TPSA) is 66.8 Å². The molecule has 8 heteroatoms. The second-order valence-electron chi connectivity index (χ2n) is 6.48. The van der Waals surface area contributed by atoms with Crippen molar-refractivity contribution in [1.29, 1.82) is 0 Å². The van der Waals surface area contributed by atoms with Gasteiger partial charge in [-0.2, -0.15) is 0 Å². The number of hydrogen-bond donors (Lipinski definition) is 1. The van der Waals surface area contributed by atoms with Gasteiger partial charge >= 0.3 is 0 Å². The van der Waals surface area contributed by atoms with Gasteiger partial charge in [-0.1, -0.05) is 52.3 Å². The Labute approximate surface area is 199 Å². The van der Waals surface area contributed by atoms with Gasteiger partial charge in [-0.25, -0.2) is 0 Å². The van der Waals surface area contributed by atoms with E-state index in [0.717, 1.165) is 27.0 Å². The molecule has 5 nitrogen and oxygen atoms in total. The molecule has 2 amide bonds. The molecule has 0 unspecified atom stereocenters. The normalized spacial score (nSPS) is 15.4. The predicted octanol–water partition coefficient (Wildman–Crippen LogP) is 6.03. The van der Waals surface area contributed by atoms with Gasteiger partial charge in [0.15, 0.2) is 0 Å². The molecule has 4 rings (SSSR count). The van der Waals surface area contributed by atoms with Gasteiger partial charge in [0.1, 0.15) is 18.1 Å². The fourth-order valence-electron chi connectivity index (χ4n) is 3.10. The predicted molar refractivity (Wildman–Crippen MR) is 131 cm³/mol. The SMILES string of the molecule is O=C1S/C(=C\c2cc(Br)cc(I)c2O)C(=O)N1CCOc1cccc2ccccc12. The largest absolute Gasteiger partial charge is 0.506 e. The van der Waals surface area contributed by atoms with Crippen molar-refractivity contribution in [2.24, 2.45) is 0 Å². The van der Waals surface area contributed by atoms with Crippen LogP contribution in [-0.4, -0.2) is 34.3 Å². The lowest BCUT2D eigenvalue weighted by Gasteiger charge is -2.14. The number of aromatic hydroxyl groups is 1. The van der Waals surface area contributed by atoms with Crippen molar-refractivity contribution in [3.63, 3.8) is 0 Å². The third-order valence-electron chi connectivity index (χ3n) is 4.54. The van der Waals surface area contributed by atoms with E-state index in [-0.39, 0.29) is 35.0 Å². The van der Waals surface area contributed by atoms with Crippen LogP contribution in [0.5, 0.6) is 11.5 Å². The van der Waals surface area contributed by atoms with Crippen molar-refractivity contribution in [1.82, 2.24) is 4.90 Å². The number of rotatable bonds is 5. The molecule has 1 aliphatic heterocycles. The summed E-state index contributed by atoms with van der Waals surface area (Å²) in [5.41, 5.74) is 0.478. The number of thioether (sulfide) groups is 1. The fraction of sp³-hybridized carbons (Fsp3) is 0.0909. The lowest BCUT2D eigenvalue weighted by Crippen LogP contribution is -2.32. The molecule has 0 spiro atoms. The zero-order valence-corrected chi connectivity index (χ0v) is 20.0. The highest BCUT2D eigenvalue weighted by molar-refractivity contribution is 14.1. The summed E-state index contributed by atoms with van der Waals surface area (Å²) in [7, 11) is 0. The Bertz CT molecular complexity index is 1190. The summed E-state index contributed by atoms with van der Waals surface area (Å²) >= 11 is 6.25. The van der Waals surface area contributed by atoms with E-state index in [2.05, 4.69) is 15.9 Å². The summed E-state index contributed by atoms with van der Waals surface area (Å²) < 4.78 is 7.29. The number of phenolic OH excluding ortho intramolecular Hbond substituents is 1. The van der Waals surface area contributed by atoms with E-state index < -0.39 is 0 Å². The van der Waals surface area contributed by atoms with E-state index in [0.29, 0.717) is 14.9 Å². The van der Waals surface area contributed by atoms with Crippen LogP contribution in [0.3, 0.4) is 0 Å². The van der Waals surface area contributed by atoms with Crippen molar-refractivity contribution < 1.29 is 19.4 Å². The number of imide groups is 1. The van der Waals surface area contributed by atoms with Crippen LogP contribution in [0.1, 0.15) is 5.56 Å². The molecule has 0 saturated carbocycles. The van der Waals surface area contributed by atoms with Crippen LogP contribution in [0.2, 0.25) is 0 Å². The van der Waals surface area contributed by atoms with E-state index in [4.69, 9.17) is 4.74 Å². The van der Waals surface area contributed by atoms with Crippen molar-refractivity contribution in [2.75, 3.05) is 13.2 Å². The van der Waals surface area contributed by atoms with Crippen molar-refractivity contribution in [3.8, 4) is 11.5 Å². The number of ether oxygens (including phenoxy) is 1. The number of benzene rings is 3. The molecule has 1 heterocycles. The van der Waals surface area contributed by atoms with Gasteiger partial charge in [0, 0.05) is 15.4 Å². The Morgan fingerprint density at radius 1 is 1.13 bits per heavy atom. The number of fused-ring (bicyclic) bond motifs is 1. The van der Waals surface area contributed by atoms with Gasteiger partial charge in [-0.3, -0.25) is 14.5 Å². The molecule has 1 aliphatic rings. The second-order valence-corrected chi connectivity index (χ2v) is 9.56. The summed E-state index contributed by atoms with van der Waals surface area (Å²) in [6, 6.07) is 17.1. The Hall–Kier alpha value is -2.04. The van der Waals surface area contributed by atoms with Gasteiger partial charge in [0.2, 0.25) is 0 Å². The van der Waals surface area contributed by atoms with Crippen LogP contribution in [0, 0.1) is 3.57 Å². The third-order valence-corrected chi connectivity index (χ3v) is 6.73. The molecular weight excluding hydrogens is 581 g/mol. The quantitative estimate of drug-likeness (QED) is 0.288. The van der Waals surface area contributed by atoms with Crippen LogP contribution in [0.4, 0.5) is 4.79 Å². The van der Waals surface area contributed by atoms with Crippen LogP contribution in [0.15, 0.2) is 64.0 Å². The minimum absolute atomic E-state index is 0.0740. The average molecular weight is 596 g/mol. The summed E-state index contributed by atoms with van der Waals surface area (Å²) in [6.07, 6.45) is 1.54. The van der Waals surface area contributed by atoms with E-state index in [1.165, 1.54) is 4.90 Å². The molecule has 1 N–H and O–H groups in total. The monoisotopic (exact) mass is 595 g/mol. The summed E-state index contributed by atoms with van der Waals surface area (Å²) in [6.45, 7) is 0.340. The molecule has 0 radical (unpaired) electrons. The Morgan fingerprint density at radius 2 is 1.90 bits per heavy atom. The molecule has 1 saturated heterocycles. The minimum atomic E-state index is -0.388. The van der Waals surface area contributed by atoms with Crippen molar-refractivity contribution in [2.45, 2.75) is 0 Å². The Balaban J connectivity index is 1.47. The first-order valence-electron chi connectivity index (χ1n) is 8.98. The van der Waals surface area contributed by atoms with Gasteiger partial charge in [0.05, 0.1) is 15.0 Å². The van der Waals surface area contributed by atoms with Crippen LogP contribution < -0.4 is 4.74 Å². The fourth-order valence-corrected chi connectivity index (χ4v) is 5.50. The molecular formula is C22H15BrINO4S. The molecule has 152 valence electrons. The first-order valence-corrected chi connectivity index (χ1v) is 11.7. The summed E-state index contributed by atoms with van der Waals surface area (Å²) in [4.78, 5) is 26.5. The molecule has 0 atom stereocenters. The van der Waals surface area contributed by atoms with Crippen LogP contribution in [-0.2, 0) is 4.79 Å². The first kappa shape index (κ1) is 21.2. The van der Waals surface area contributed by atoms with Gasteiger partial charge in [0.25, 0.3) is 11.1 Å². The number of halogens is 2. The van der Waals surface area contributed by atoms with Gasteiger partial charge in [-0.05, 0) is 64.0 Å². The molecule has 0 aliphatic carbocycles. The van der Waals surface area contributed by atoms with E-state index in [9.17, 15) is 14.7 Å². The molecule has 3 aromatic carbocycles. The highest BCUT2D eigenvalue weighted by Gasteiger charge is 2.35. The number of phenols is 1. The number of hydrogen-bond acceptors (Lipinski definition) is 5. The standard InChI is InChI=1S/C22H15BrINO4S/c23-15-10-14(20(26)17(24)12-15)11-19-21(27)25(22(28)30-19)8-9-29-18-7-3-5-13-4-1-2-6-16(13)18/h1-7,10-12,26H,8-9H2/b19-11-. The van der Waals surface area contributed by atoms with E-state index in [1.807, 2.05) is 65.1 Å². The highest BCUT2D eigenvalue weighted by Crippen LogP contribution is 2.36.